The quantitative estimate of drug-likeness (QED) is 0.518. The zero-order chi connectivity index (χ0) is 7.11. The van der Waals surface area contributed by atoms with Crippen molar-refractivity contribution >= 4 is 44.4 Å². The summed E-state index contributed by atoms with van der Waals surface area (Å²) in [5, 5.41) is 2.03. The van der Waals surface area contributed by atoms with Crippen molar-refractivity contribution in [2.45, 2.75) is 5.05 Å². The molecule has 10 heavy (non-hydrogen) atoms. The van der Waals surface area contributed by atoms with Crippen molar-refractivity contribution in [3.63, 3.8) is 0 Å². The average Bonchev–Trinajstić information content (AvgIpc) is 1.94. The van der Waals surface area contributed by atoms with Gasteiger partial charge in [0.1, 0.15) is 0 Å². The molecular formula is C7H11BrMgN+2. The van der Waals surface area contributed by atoms with Crippen LogP contribution in [0.5, 0.6) is 0 Å². The van der Waals surface area contributed by atoms with Crippen LogP contribution < -0.4 is 5.73 Å². The monoisotopic (exact) mass is 212 g/mol. The van der Waals surface area contributed by atoms with Crippen molar-refractivity contribution in [3.8, 4) is 0 Å². The van der Waals surface area contributed by atoms with Crippen LogP contribution >= 0.6 is 17.0 Å². The maximum atomic E-state index is 5.36. The third-order valence-electron chi connectivity index (χ3n) is 0.800. The highest BCUT2D eigenvalue weighted by atomic mass is 79.9. The fraction of sp³-hybridized carbons (Fsp3) is 0.143. The summed E-state index contributed by atoms with van der Waals surface area (Å²) in [6.45, 7) is 0. The summed E-state index contributed by atoms with van der Waals surface area (Å²) in [5.41, 5.74) is 6.18. The Morgan fingerprint density at radius 1 is 1.10 bits per heavy atom. The van der Waals surface area contributed by atoms with Crippen molar-refractivity contribution in [3.05, 3.63) is 30.3 Å². The Balaban J connectivity index is 0. The predicted octanol–water partition coefficient (Wildman–Crippen LogP) is 2.05. The number of anilines is 1. The summed E-state index contributed by atoms with van der Waals surface area (Å²) in [7, 11) is 0. The number of hydrogen-bond acceptors (Lipinski definition) is 1. The summed E-state index contributed by atoms with van der Waals surface area (Å²) < 4.78 is 0. The maximum Gasteiger partial charge on any atom is 1.41 e. The molecule has 0 aliphatic heterocycles. The van der Waals surface area contributed by atoms with E-state index in [2.05, 4.69) is 0 Å². The van der Waals surface area contributed by atoms with E-state index >= 15 is 0 Å². The van der Waals surface area contributed by atoms with Crippen LogP contribution in [-0.4, -0.2) is 21.7 Å². The van der Waals surface area contributed by atoms with Crippen molar-refractivity contribution in [1.82, 2.24) is 0 Å². The van der Waals surface area contributed by atoms with Gasteiger partial charge in [0.15, 0.2) is 0 Å². The molecule has 0 aliphatic rings. The molecule has 0 bridgehead atoms. The number of para-hydroxylation sites is 1. The van der Waals surface area contributed by atoms with E-state index in [0.717, 1.165) is 5.69 Å². The predicted molar refractivity (Wildman–Crippen MR) is 52.8 cm³/mol. The highest BCUT2D eigenvalue weighted by Crippen LogP contribution is 1.95. The van der Waals surface area contributed by atoms with Crippen molar-refractivity contribution in [2.24, 2.45) is 0 Å². The molecule has 1 nitrogen and oxygen atoms in total. The first-order valence-corrected chi connectivity index (χ1v) is 4.32. The van der Waals surface area contributed by atoms with Gasteiger partial charge in [0, 0.05) is 5.69 Å². The Kier molecular flexibility index (Phi) is 12.0. The lowest BCUT2D eigenvalue weighted by atomic mass is 10.3. The van der Waals surface area contributed by atoms with E-state index in [4.69, 9.17) is 5.73 Å². The number of benzene rings is 1. The van der Waals surface area contributed by atoms with Gasteiger partial charge in [0.05, 0.1) is 0 Å². The molecule has 0 spiro atoms. The molecule has 0 aliphatic carbocycles. The molecule has 1 rings (SSSR count). The van der Waals surface area contributed by atoms with Crippen LogP contribution in [0.4, 0.5) is 5.69 Å². The van der Waals surface area contributed by atoms with Gasteiger partial charge in [-0.1, -0.05) is 18.2 Å². The Labute approximate surface area is 85.2 Å². The van der Waals surface area contributed by atoms with Crippen LogP contribution in [0.25, 0.3) is 0 Å². The third-order valence-corrected chi connectivity index (χ3v) is 0.800. The minimum atomic E-state index is 0. The molecule has 7 radical (unpaired) electrons. The lowest BCUT2D eigenvalue weighted by Crippen LogP contribution is -1.79. The number of nitrogen functional groups attached to an aromatic ring is 1. The van der Waals surface area contributed by atoms with Crippen molar-refractivity contribution in [1.29, 1.82) is 0 Å². The molecule has 0 unspecified atom stereocenters. The smallest absolute Gasteiger partial charge is 0.399 e. The second kappa shape index (κ2) is 9.27. The van der Waals surface area contributed by atoms with Gasteiger partial charge >= 0.3 is 21.7 Å². The zero-order valence-electron chi connectivity index (χ0n) is 6.08. The third kappa shape index (κ3) is 6.39. The van der Waals surface area contributed by atoms with E-state index in [9.17, 15) is 0 Å². The number of rotatable bonds is 0. The van der Waals surface area contributed by atoms with Gasteiger partial charge in [-0.25, -0.2) is 0 Å². The van der Waals surface area contributed by atoms with Crippen LogP contribution in [-0.2, 0) is 0 Å². The first kappa shape index (κ1) is 12.9. The van der Waals surface area contributed by atoms with Gasteiger partial charge in [-0.3, -0.25) is 0 Å². The van der Waals surface area contributed by atoms with E-state index in [1.165, 1.54) is 0 Å². The second-order valence-electron chi connectivity index (χ2n) is 1.41. The van der Waals surface area contributed by atoms with E-state index in [0.29, 0.717) is 0 Å². The molecule has 0 atom stereocenters. The number of hydrogen-bond donors (Lipinski definition) is 1. The topological polar surface area (TPSA) is 26.0 Å². The lowest BCUT2D eigenvalue weighted by Gasteiger charge is -1.83. The average molecular weight is 213 g/mol. The summed E-state index contributed by atoms with van der Waals surface area (Å²) in [6.07, 6.45) is 0. The van der Waals surface area contributed by atoms with Gasteiger partial charge in [-0.2, -0.15) is 0 Å². The zero-order valence-corrected chi connectivity index (χ0v) is 9.21. The highest BCUT2D eigenvalue weighted by Gasteiger charge is 1.99. The Hall–Kier alpha value is 0.266. The molecule has 0 amide bonds. The van der Waals surface area contributed by atoms with Crippen LogP contribution in [0.2, 0.25) is 5.05 Å². The van der Waals surface area contributed by atoms with Crippen molar-refractivity contribution < 1.29 is 0 Å². The van der Waals surface area contributed by atoms with Crippen LogP contribution in [0.3, 0.4) is 0 Å². The van der Waals surface area contributed by atoms with Crippen LogP contribution in [0.1, 0.15) is 0 Å². The van der Waals surface area contributed by atoms with Gasteiger partial charge in [-0.05, 0) is 12.1 Å². The molecule has 1 aromatic rings. The van der Waals surface area contributed by atoms with Crippen LogP contribution in [0, 0.1) is 0 Å². The second-order valence-corrected chi connectivity index (χ2v) is 1.41. The first-order chi connectivity index (χ1) is 4.39. The summed E-state index contributed by atoms with van der Waals surface area (Å²) >= 11 is 1.86. The Bertz CT molecular complexity index is 144. The Morgan fingerprint density at radius 3 is 1.70 bits per heavy atom. The van der Waals surface area contributed by atoms with E-state index < -0.39 is 0 Å². The van der Waals surface area contributed by atoms with E-state index in [1.807, 2.05) is 57.1 Å². The van der Waals surface area contributed by atoms with E-state index in [-0.39, 0.29) is 17.0 Å². The highest BCUT2D eigenvalue weighted by molar-refractivity contribution is 8.93. The normalized spacial score (nSPS) is 6.60. The maximum absolute atomic E-state index is 5.36. The minimum absolute atomic E-state index is 0. The molecule has 3 heteroatoms. The Morgan fingerprint density at radius 2 is 1.50 bits per heavy atom. The lowest BCUT2D eigenvalue weighted by molar-refractivity contribution is 1.69. The first-order valence-electron chi connectivity index (χ1n) is 2.91. The number of halogens is 1. The molecule has 0 saturated heterocycles. The molecular weight excluding hydrogens is 202 g/mol. The molecule has 1 aromatic carbocycles. The molecule has 2 N–H and O–H groups in total. The number of nitrogens with two attached hydrogens (primary N) is 1. The van der Waals surface area contributed by atoms with Gasteiger partial charge < -0.3 is 5.73 Å². The molecule has 0 heterocycles. The van der Waals surface area contributed by atoms with Gasteiger partial charge in [0.25, 0.3) is 5.05 Å². The fourth-order valence-electron chi connectivity index (χ4n) is 0.453. The molecule has 0 saturated carbocycles. The SMILES string of the molecule is Br.Nc1ccccc1.[CH3][Mg+2]. The molecule has 51 valence electrons. The largest absolute Gasteiger partial charge is 1.41 e. The summed E-state index contributed by atoms with van der Waals surface area (Å²) in [4.78, 5) is 0. The van der Waals surface area contributed by atoms with Crippen molar-refractivity contribution in [2.75, 3.05) is 5.73 Å². The van der Waals surface area contributed by atoms with Crippen LogP contribution in [0.15, 0.2) is 30.3 Å². The minimum Gasteiger partial charge on any atom is -0.399 e. The van der Waals surface area contributed by atoms with E-state index in [1.54, 1.807) is 0 Å². The van der Waals surface area contributed by atoms with Gasteiger partial charge in [-0.15, -0.1) is 17.0 Å². The fourth-order valence-corrected chi connectivity index (χ4v) is 0.453. The van der Waals surface area contributed by atoms with Gasteiger partial charge in [0.2, 0.25) is 0 Å². The summed E-state index contributed by atoms with van der Waals surface area (Å²) in [5.74, 6) is 0. The molecule has 0 aromatic heterocycles. The standard InChI is InChI=1S/C6H7N.CH3.BrH.Mg/c7-6-4-2-1-3-5-6;;;/h1-5H,7H2;1H3;1H;/q;;;+2. The molecule has 0 fully saturated rings. The summed E-state index contributed by atoms with van der Waals surface area (Å²) in [6, 6.07) is 9.49.